The van der Waals surface area contributed by atoms with E-state index in [0.29, 0.717) is 31.5 Å². The molecular formula is C42H31Cl7N8O7. The Hall–Kier alpha value is -5.65. The minimum atomic E-state index is -1.66. The molecule has 5 aromatic rings. The van der Waals surface area contributed by atoms with Gasteiger partial charge in [-0.25, -0.2) is 0 Å². The molecule has 4 amide bonds. The van der Waals surface area contributed by atoms with Crippen LogP contribution in [0.3, 0.4) is 0 Å². The average molecular weight is 1010 g/mol. The van der Waals surface area contributed by atoms with Gasteiger partial charge in [0.05, 0.1) is 44.1 Å². The second-order valence-corrected chi connectivity index (χ2v) is 16.2. The molecule has 2 unspecified atom stereocenters. The predicted molar refractivity (Wildman–Crippen MR) is 250 cm³/mol. The minimum absolute atomic E-state index is 0.00287. The van der Waals surface area contributed by atoms with Gasteiger partial charge in [0, 0.05) is 43.2 Å². The summed E-state index contributed by atoms with van der Waals surface area (Å²) in [5.74, 6) is -4.30. The summed E-state index contributed by atoms with van der Waals surface area (Å²) in [5, 5.41) is 27.7. The van der Waals surface area contributed by atoms with E-state index in [0.717, 1.165) is 13.8 Å². The van der Waals surface area contributed by atoms with Crippen molar-refractivity contribution in [3.8, 4) is 5.75 Å². The Morgan fingerprint density at radius 3 is 1.39 bits per heavy atom. The number of benzene rings is 5. The van der Waals surface area contributed by atoms with E-state index in [1.165, 1.54) is 91.0 Å². The van der Waals surface area contributed by atoms with Crippen LogP contribution in [0.15, 0.2) is 111 Å². The fraction of sp³-hybridized carbons (Fsp3) is 0.143. The van der Waals surface area contributed by atoms with Gasteiger partial charge in [-0.2, -0.15) is 20.5 Å². The van der Waals surface area contributed by atoms with Gasteiger partial charge in [-0.1, -0.05) is 69.6 Å². The molecule has 2 atom stereocenters. The molecule has 0 aliphatic heterocycles. The molecule has 0 bridgehead atoms. The quantitative estimate of drug-likeness (QED) is 0.0402. The number of carbonyl (C=O) groups is 6. The zero-order valence-electron chi connectivity index (χ0n) is 33.0. The van der Waals surface area contributed by atoms with Crippen LogP contribution in [-0.2, 0) is 19.2 Å². The fourth-order valence-corrected chi connectivity index (χ4v) is 6.95. The maximum atomic E-state index is 13.4. The van der Waals surface area contributed by atoms with Gasteiger partial charge < -0.3 is 26.0 Å². The number of hydrogen-bond acceptors (Lipinski definition) is 11. The van der Waals surface area contributed by atoms with Crippen molar-refractivity contribution in [1.82, 2.24) is 0 Å². The van der Waals surface area contributed by atoms with Crippen molar-refractivity contribution in [3.63, 3.8) is 0 Å². The van der Waals surface area contributed by atoms with Gasteiger partial charge in [-0.15, -0.1) is 11.6 Å². The number of hydrogen-bond donors (Lipinski definition) is 4. The molecular weight excluding hydrogens is 977 g/mol. The average Bonchev–Trinajstić information content (AvgIpc) is 3.21. The predicted octanol–water partition coefficient (Wildman–Crippen LogP) is 12.1. The van der Waals surface area contributed by atoms with Gasteiger partial charge in [-0.05, 0) is 98.8 Å². The zero-order valence-corrected chi connectivity index (χ0v) is 38.3. The van der Waals surface area contributed by atoms with Gasteiger partial charge in [0.15, 0.2) is 11.6 Å². The van der Waals surface area contributed by atoms with Crippen molar-refractivity contribution in [3.05, 3.63) is 132 Å². The SMILES string of the molecule is CC(=O)C(N=Nc1ccc(Cl)c(C(=O)Nc2cc(Cl)cc(Cl)c2)c1)C(=O)Nc1ccc(NC(=O)C(N=Nc2ccc(Cl)c(C(=O)Nc3cc(Cl)cc(Cl)c3)c2)C(C)=O)c(OCCCl)c1. The van der Waals surface area contributed by atoms with Crippen LogP contribution in [0.4, 0.5) is 34.1 Å². The van der Waals surface area contributed by atoms with Crippen LogP contribution in [0.2, 0.25) is 30.1 Å². The third-order valence-electron chi connectivity index (χ3n) is 8.32. The molecule has 0 saturated heterocycles. The summed E-state index contributed by atoms with van der Waals surface area (Å²) >= 11 is 42.6. The third kappa shape index (κ3) is 13.9. The summed E-state index contributed by atoms with van der Waals surface area (Å²) in [5.41, 5.74) is 0.991. The van der Waals surface area contributed by atoms with Crippen molar-refractivity contribution in [1.29, 1.82) is 0 Å². The second kappa shape index (κ2) is 22.8. The van der Waals surface area contributed by atoms with Crippen molar-refractivity contribution >= 4 is 151 Å². The molecule has 0 aromatic heterocycles. The summed E-state index contributed by atoms with van der Waals surface area (Å²) in [6, 6.07) is 18.0. The minimum Gasteiger partial charge on any atom is -0.490 e. The Morgan fingerprint density at radius 1 is 0.531 bits per heavy atom. The molecule has 0 aliphatic carbocycles. The van der Waals surface area contributed by atoms with E-state index in [4.69, 9.17) is 85.9 Å². The molecule has 0 fully saturated rings. The molecule has 64 heavy (non-hydrogen) atoms. The summed E-state index contributed by atoms with van der Waals surface area (Å²) < 4.78 is 5.72. The number of nitrogens with one attached hydrogen (secondary N) is 4. The van der Waals surface area contributed by atoms with Crippen molar-refractivity contribution < 1.29 is 33.5 Å². The highest BCUT2D eigenvalue weighted by Crippen LogP contribution is 2.31. The normalized spacial score (nSPS) is 12.1. The number of ketones is 2. The number of amides is 4. The fourth-order valence-electron chi connectivity index (χ4n) is 5.42. The molecule has 0 radical (unpaired) electrons. The number of ether oxygens (including phenoxy) is 1. The Balaban J connectivity index is 1.29. The molecule has 15 nitrogen and oxygen atoms in total. The Kier molecular flexibility index (Phi) is 17.6. The van der Waals surface area contributed by atoms with Gasteiger partial charge in [0.1, 0.15) is 12.4 Å². The van der Waals surface area contributed by atoms with E-state index in [1.807, 2.05) is 0 Å². The van der Waals surface area contributed by atoms with Crippen molar-refractivity contribution in [2.45, 2.75) is 25.9 Å². The van der Waals surface area contributed by atoms with E-state index in [9.17, 15) is 28.8 Å². The second-order valence-electron chi connectivity index (χ2n) is 13.2. The summed E-state index contributed by atoms with van der Waals surface area (Å²) in [4.78, 5) is 78.1. The first-order valence-corrected chi connectivity index (χ1v) is 21.1. The first-order valence-electron chi connectivity index (χ1n) is 18.3. The molecule has 0 saturated carbocycles. The molecule has 330 valence electrons. The molecule has 0 aliphatic rings. The Bertz CT molecular complexity index is 2680. The van der Waals surface area contributed by atoms with Gasteiger partial charge in [0.2, 0.25) is 12.1 Å². The Morgan fingerprint density at radius 2 is 0.969 bits per heavy atom. The molecule has 5 aromatic carbocycles. The number of carbonyl (C=O) groups excluding carboxylic acids is 6. The maximum absolute atomic E-state index is 13.4. The van der Waals surface area contributed by atoms with Crippen LogP contribution >= 0.6 is 81.2 Å². The van der Waals surface area contributed by atoms with E-state index in [1.54, 1.807) is 0 Å². The Labute approximate surface area is 399 Å². The van der Waals surface area contributed by atoms with Crippen LogP contribution in [-0.4, -0.2) is 59.8 Å². The largest absolute Gasteiger partial charge is 0.490 e. The highest BCUT2D eigenvalue weighted by Gasteiger charge is 2.27. The van der Waals surface area contributed by atoms with Crippen molar-refractivity contribution in [2.75, 3.05) is 33.8 Å². The highest BCUT2D eigenvalue weighted by molar-refractivity contribution is 6.37. The lowest BCUT2D eigenvalue weighted by atomic mass is 10.1. The number of alkyl halides is 1. The van der Waals surface area contributed by atoms with E-state index in [-0.39, 0.29) is 62.2 Å². The smallest absolute Gasteiger partial charge is 0.258 e. The molecule has 5 rings (SSSR count). The lowest BCUT2D eigenvalue weighted by Crippen LogP contribution is -2.32. The van der Waals surface area contributed by atoms with Gasteiger partial charge in [-0.3, -0.25) is 28.8 Å². The molecule has 0 heterocycles. The molecule has 4 N–H and O–H groups in total. The first kappa shape index (κ1) is 49.4. The maximum Gasteiger partial charge on any atom is 0.258 e. The number of azo groups is 2. The van der Waals surface area contributed by atoms with Gasteiger partial charge in [0.25, 0.3) is 23.6 Å². The summed E-state index contributed by atoms with van der Waals surface area (Å²) in [6.07, 6.45) is 0. The lowest BCUT2D eigenvalue weighted by Gasteiger charge is -2.16. The first-order chi connectivity index (χ1) is 30.4. The third-order valence-corrected chi connectivity index (χ3v) is 10.0. The standard InChI is InChI=1S/C42H31Cl7N8O7/c1-20(58)37(56-54-27-3-6-33(48)31(17-27)39(60)51-29-13-22(44)11-23(45)14-29)41(62)50-26-5-8-35(36(19-26)64-10-9-43)53-42(63)38(21(2)59)57-55-28-4-7-34(49)32(18-28)40(61)52-30-15-24(46)12-25(47)16-30/h3-8,11-19,37-38H,9-10H2,1-2H3,(H,50,62)(H,51,60)(H,52,61)(H,53,63). The number of halogens is 7. The zero-order chi connectivity index (χ0) is 46.7. The highest BCUT2D eigenvalue weighted by atomic mass is 35.5. The number of rotatable bonds is 17. The van der Waals surface area contributed by atoms with Crippen LogP contribution in [0.1, 0.15) is 34.6 Å². The topological polar surface area (TPSA) is 209 Å². The van der Waals surface area contributed by atoms with Crippen LogP contribution in [0.25, 0.3) is 0 Å². The van der Waals surface area contributed by atoms with E-state index < -0.39 is 47.3 Å². The van der Waals surface area contributed by atoms with Gasteiger partial charge >= 0.3 is 0 Å². The lowest BCUT2D eigenvalue weighted by molar-refractivity contribution is -0.127. The van der Waals surface area contributed by atoms with Crippen LogP contribution in [0.5, 0.6) is 5.75 Å². The molecule has 22 heteroatoms. The summed E-state index contributed by atoms with van der Waals surface area (Å²) in [6.45, 7) is 2.24. The number of anilines is 4. The van der Waals surface area contributed by atoms with Crippen molar-refractivity contribution in [2.24, 2.45) is 20.5 Å². The van der Waals surface area contributed by atoms with Crippen LogP contribution in [0, 0.1) is 0 Å². The monoisotopic (exact) mass is 1000 g/mol. The van der Waals surface area contributed by atoms with E-state index >= 15 is 0 Å². The number of nitrogens with zero attached hydrogens (tertiary/aromatic N) is 4. The number of Topliss-reactive ketones (excluding diaryl/α,β-unsaturated/α-hetero) is 2. The van der Waals surface area contributed by atoms with E-state index in [2.05, 4.69) is 41.7 Å². The van der Waals surface area contributed by atoms with Crippen LogP contribution < -0.4 is 26.0 Å². The molecule has 0 spiro atoms. The summed E-state index contributed by atoms with van der Waals surface area (Å²) in [7, 11) is 0.